The van der Waals surface area contributed by atoms with Crippen LogP contribution < -0.4 is 10.6 Å². The first-order chi connectivity index (χ1) is 13.7. The minimum Gasteiger partial charge on any atom is -0.508 e. The van der Waals surface area contributed by atoms with Crippen LogP contribution in [0.3, 0.4) is 0 Å². The molecule has 0 spiro atoms. The van der Waals surface area contributed by atoms with Crippen LogP contribution in [0.4, 0.5) is 0 Å². The first kappa shape index (κ1) is 18.5. The number of aromatic hydroxyl groups is 1. The molecule has 144 valence electrons. The Hall–Kier alpha value is -2.89. The van der Waals surface area contributed by atoms with Gasteiger partial charge in [-0.05, 0) is 46.7 Å². The molecule has 5 nitrogen and oxygen atoms in total. The van der Waals surface area contributed by atoms with Crippen molar-refractivity contribution in [3.8, 4) is 5.75 Å². The Kier molecular flexibility index (Phi) is 5.55. The summed E-state index contributed by atoms with van der Waals surface area (Å²) in [7, 11) is 0. The van der Waals surface area contributed by atoms with Crippen molar-refractivity contribution < 1.29 is 9.90 Å². The lowest BCUT2D eigenvalue weighted by atomic mass is 10.1. The molecule has 28 heavy (non-hydrogen) atoms. The molecule has 3 aromatic carbocycles. The molecule has 1 saturated heterocycles. The smallest absolute Gasteiger partial charge is 0.251 e. The van der Waals surface area contributed by atoms with Gasteiger partial charge in [-0.2, -0.15) is 0 Å². The standard InChI is InChI=1S/C23H25N3O2/c27-22-9-7-19(8-10-22)23(28)25-14-21-16-26(12-11-24-21)15-17-5-6-18-3-1-2-4-20(18)13-17/h1-10,13,21,24,27H,11-12,14-16H2,(H,25,28). The molecule has 3 N–H and O–H groups in total. The van der Waals surface area contributed by atoms with E-state index in [1.54, 1.807) is 12.1 Å². The van der Waals surface area contributed by atoms with E-state index in [2.05, 4.69) is 58.0 Å². The lowest BCUT2D eigenvalue weighted by molar-refractivity contribution is 0.0940. The molecule has 3 aromatic rings. The number of piperazine rings is 1. The Morgan fingerprint density at radius 3 is 2.68 bits per heavy atom. The highest BCUT2D eigenvalue weighted by Gasteiger charge is 2.20. The Balaban J connectivity index is 1.32. The summed E-state index contributed by atoms with van der Waals surface area (Å²) in [5, 5.41) is 18.3. The zero-order valence-corrected chi connectivity index (χ0v) is 15.8. The molecule has 0 radical (unpaired) electrons. The fourth-order valence-electron chi connectivity index (χ4n) is 3.70. The average molecular weight is 375 g/mol. The van der Waals surface area contributed by atoms with Crippen LogP contribution in [0.2, 0.25) is 0 Å². The van der Waals surface area contributed by atoms with Crippen molar-refractivity contribution in [3.63, 3.8) is 0 Å². The van der Waals surface area contributed by atoms with Gasteiger partial charge in [0, 0.05) is 44.3 Å². The second-order valence-corrected chi connectivity index (χ2v) is 7.32. The number of carbonyl (C=O) groups is 1. The maximum absolute atomic E-state index is 12.3. The highest BCUT2D eigenvalue weighted by Crippen LogP contribution is 2.17. The summed E-state index contributed by atoms with van der Waals surface area (Å²) in [6.07, 6.45) is 0. The lowest BCUT2D eigenvalue weighted by Crippen LogP contribution is -2.54. The van der Waals surface area contributed by atoms with Crippen molar-refractivity contribution in [2.75, 3.05) is 26.2 Å². The van der Waals surface area contributed by atoms with Crippen LogP contribution in [0.5, 0.6) is 5.75 Å². The molecule has 5 heteroatoms. The molecule has 1 aliphatic heterocycles. The number of nitrogens with one attached hydrogen (secondary N) is 2. The summed E-state index contributed by atoms with van der Waals surface area (Å²) in [6, 6.07) is 21.6. The van der Waals surface area contributed by atoms with Crippen LogP contribution in [0, 0.1) is 0 Å². The molecule has 4 rings (SSSR count). The molecule has 0 aromatic heterocycles. The van der Waals surface area contributed by atoms with Crippen LogP contribution in [0.25, 0.3) is 10.8 Å². The zero-order valence-electron chi connectivity index (χ0n) is 15.8. The summed E-state index contributed by atoms with van der Waals surface area (Å²) < 4.78 is 0. The van der Waals surface area contributed by atoms with Gasteiger partial charge < -0.3 is 15.7 Å². The predicted molar refractivity (Wildman–Crippen MR) is 111 cm³/mol. The second-order valence-electron chi connectivity index (χ2n) is 7.32. The van der Waals surface area contributed by atoms with E-state index in [4.69, 9.17) is 0 Å². The van der Waals surface area contributed by atoms with Gasteiger partial charge in [-0.1, -0.05) is 36.4 Å². The van der Waals surface area contributed by atoms with Crippen molar-refractivity contribution in [3.05, 3.63) is 77.9 Å². The van der Waals surface area contributed by atoms with Gasteiger partial charge in [0.25, 0.3) is 5.91 Å². The quantitative estimate of drug-likeness (QED) is 0.642. The monoisotopic (exact) mass is 375 g/mol. The number of rotatable bonds is 5. The summed E-state index contributed by atoms with van der Waals surface area (Å²) in [4.78, 5) is 14.7. The third-order valence-corrected chi connectivity index (χ3v) is 5.20. The van der Waals surface area contributed by atoms with Crippen LogP contribution in [0.1, 0.15) is 15.9 Å². The van der Waals surface area contributed by atoms with E-state index in [1.165, 1.54) is 28.5 Å². The molecule has 1 aliphatic rings. The van der Waals surface area contributed by atoms with Gasteiger partial charge in [0.1, 0.15) is 5.75 Å². The van der Waals surface area contributed by atoms with Gasteiger partial charge in [-0.15, -0.1) is 0 Å². The highest BCUT2D eigenvalue weighted by atomic mass is 16.3. The van der Waals surface area contributed by atoms with Crippen LogP contribution in [-0.2, 0) is 6.54 Å². The van der Waals surface area contributed by atoms with Gasteiger partial charge in [0.05, 0.1) is 0 Å². The minimum absolute atomic E-state index is 0.117. The van der Waals surface area contributed by atoms with Crippen LogP contribution >= 0.6 is 0 Å². The number of phenols is 1. The van der Waals surface area contributed by atoms with E-state index in [-0.39, 0.29) is 17.7 Å². The second kappa shape index (κ2) is 8.42. The van der Waals surface area contributed by atoms with Gasteiger partial charge in [0.2, 0.25) is 0 Å². The Bertz CT molecular complexity index is 955. The molecule has 0 aliphatic carbocycles. The molecule has 0 saturated carbocycles. The van der Waals surface area contributed by atoms with Crippen molar-refractivity contribution in [2.24, 2.45) is 0 Å². The van der Waals surface area contributed by atoms with E-state index >= 15 is 0 Å². The molecule has 1 unspecified atom stereocenters. The SMILES string of the molecule is O=C(NCC1CN(Cc2ccc3ccccc3c2)CCN1)c1ccc(O)cc1. The van der Waals surface area contributed by atoms with Crippen molar-refractivity contribution in [1.82, 2.24) is 15.5 Å². The van der Waals surface area contributed by atoms with E-state index in [0.29, 0.717) is 12.1 Å². The maximum Gasteiger partial charge on any atom is 0.251 e. The number of hydrogen-bond acceptors (Lipinski definition) is 4. The summed E-state index contributed by atoms with van der Waals surface area (Å²) in [6.45, 7) is 4.29. The number of nitrogens with zero attached hydrogens (tertiary/aromatic N) is 1. The topological polar surface area (TPSA) is 64.6 Å². The first-order valence-corrected chi connectivity index (χ1v) is 9.68. The third-order valence-electron chi connectivity index (χ3n) is 5.20. The fraction of sp³-hybridized carbons (Fsp3) is 0.261. The maximum atomic E-state index is 12.3. The number of fused-ring (bicyclic) bond motifs is 1. The number of hydrogen-bond donors (Lipinski definition) is 3. The molecule has 0 bridgehead atoms. The van der Waals surface area contributed by atoms with Crippen molar-refractivity contribution in [1.29, 1.82) is 0 Å². The number of carbonyl (C=O) groups excluding carboxylic acids is 1. The first-order valence-electron chi connectivity index (χ1n) is 9.68. The average Bonchev–Trinajstić information content (AvgIpc) is 2.73. The van der Waals surface area contributed by atoms with Crippen molar-refractivity contribution >= 4 is 16.7 Å². The normalized spacial score (nSPS) is 17.5. The zero-order chi connectivity index (χ0) is 19.3. The van der Waals surface area contributed by atoms with Crippen LogP contribution in [-0.4, -0.2) is 48.1 Å². The molecule has 1 amide bonds. The van der Waals surface area contributed by atoms with E-state index < -0.39 is 0 Å². The van der Waals surface area contributed by atoms with E-state index in [1.807, 2.05) is 0 Å². The Labute approximate surface area is 165 Å². The number of benzene rings is 3. The van der Waals surface area contributed by atoms with Gasteiger partial charge in [0.15, 0.2) is 0 Å². The van der Waals surface area contributed by atoms with Gasteiger partial charge in [-0.25, -0.2) is 0 Å². The summed E-state index contributed by atoms with van der Waals surface area (Å²) in [5.41, 5.74) is 1.87. The minimum atomic E-state index is -0.117. The Morgan fingerprint density at radius 2 is 1.86 bits per heavy atom. The molecular weight excluding hydrogens is 350 g/mol. The van der Waals surface area contributed by atoms with Crippen molar-refractivity contribution in [2.45, 2.75) is 12.6 Å². The highest BCUT2D eigenvalue weighted by molar-refractivity contribution is 5.94. The number of amides is 1. The lowest BCUT2D eigenvalue weighted by Gasteiger charge is -2.33. The third kappa shape index (κ3) is 4.50. The van der Waals surface area contributed by atoms with Gasteiger partial charge >= 0.3 is 0 Å². The predicted octanol–water partition coefficient (Wildman–Crippen LogP) is 2.75. The summed E-state index contributed by atoms with van der Waals surface area (Å²) in [5.74, 6) is 0.0447. The van der Waals surface area contributed by atoms with E-state index in [9.17, 15) is 9.90 Å². The largest absolute Gasteiger partial charge is 0.508 e. The van der Waals surface area contributed by atoms with Gasteiger partial charge in [-0.3, -0.25) is 9.69 Å². The molecular formula is C23H25N3O2. The summed E-state index contributed by atoms with van der Waals surface area (Å²) >= 11 is 0. The number of phenolic OH excluding ortho intramolecular Hbond substituents is 1. The van der Waals surface area contributed by atoms with Crippen LogP contribution in [0.15, 0.2) is 66.7 Å². The van der Waals surface area contributed by atoms with E-state index in [0.717, 1.165) is 26.2 Å². The fourth-order valence-corrected chi connectivity index (χ4v) is 3.70. The molecule has 1 heterocycles. The Morgan fingerprint density at radius 1 is 1.07 bits per heavy atom. The molecule has 1 fully saturated rings. The molecule has 1 atom stereocenters.